The maximum Gasteiger partial charge on any atom is 0.240 e. The lowest BCUT2D eigenvalue weighted by atomic mass is 10.2. The topological polar surface area (TPSA) is 46.2 Å². The molecule has 0 saturated heterocycles. The van der Waals surface area contributed by atoms with Crippen LogP contribution in [0.4, 0.5) is 0 Å². The van der Waals surface area contributed by atoms with Crippen LogP contribution < -0.4 is 4.72 Å². The third kappa shape index (κ3) is 4.80. The number of allylic oxidation sites excluding steroid dienone is 1. The molecule has 5 heteroatoms. The molecule has 0 spiro atoms. The van der Waals surface area contributed by atoms with Crippen LogP contribution in [0.2, 0.25) is 0 Å². The van der Waals surface area contributed by atoms with Gasteiger partial charge in [0.05, 0.1) is 4.90 Å². The number of rotatable bonds is 7. The normalized spacial score (nSPS) is 12.1. The van der Waals surface area contributed by atoms with Crippen molar-refractivity contribution in [2.75, 3.05) is 12.4 Å². The van der Waals surface area contributed by atoms with E-state index in [1.807, 2.05) is 19.1 Å². The smallest absolute Gasteiger partial charge is 0.211 e. The number of nitrogens with one attached hydrogen (secondary N) is 1. The van der Waals surface area contributed by atoms with Crippen molar-refractivity contribution in [1.29, 1.82) is 0 Å². The van der Waals surface area contributed by atoms with E-state index in [4.69, 9.17) is 11.6 Å². The Hall–Kier alpha value is -0.840. The molecule has 0 heterocycles. The van der Waals surface area contributed by atoms with E-state index < -0.39 is 10.0 Å². The van der Waals surface area contributed by atoms with Gasteiger partial charge in [-0.1, -0.05) is 24.3 Å². The van der Waals surface area contributed by atoms with Gasteiger partial charge >= 0.3 is 0 Å². The van der Waals surface area contributed by atoms with E-state index in [1.54, 1.807) is 24.3 Å². The van der Waals surface area contributed by atoms with Crippen molar-refractivity contribution >= 4 is 21.6 Å². The van der Waals surface area contributed by atoms with E-state index in [2.05, 4.69) is 4.72 Å². The Morgan fingerprint density at radius 3 is 2.50 bits per heavy atom. The standard InChI is InChI=1S/C13H18ClNO2S/c1-2-3-4-11-15-18(16,17)13-7-5-12(6-8-13)9-10-14/h2-3,5-8,15H,4,9-11H2,1H3/b3-2+. The van der Waals surface area contributed by atoms with Crippen LogP contribution in [0, 0.1) is 0 Å². The number of alkyl halides is 1. The van der Waals surface area contributed by atoms with Gasteiger partial charge in [-0.2, -0.15) is 0 Å². The zero-order valence-corrected chi connectivity index (χ0v) is 12.0. The van der Waals surface area contributed by atoms with Crippen LogP contribution in [-0.4, -0.2) is 20.8 Å². The van der Waals surface area contributed by atoms with Crippen molar-refractivity contribution in [1.82, 2.24) is 4.72 Å². The summed E-state index contributed by atoms with van der Waals surface area (Å²) in [5.41, 5.74) is 1.04. The van der Waals surface area contributed by atoms with Crippen molar-refractivity contribution in [2.45, 2.75) is 24.7 Å². The number of benzene rings is 1. The summed E-state index contributed by atoms with van der Waals surface area (Å²) in [6, 6.07) is 6.81. The molecular weight excluding hydrogens is 270 g/mol. The molecular formula is C13H18ClNO2S. The van der Waals surface area contributed by atoms with E-state index in [0.717, 1.165) is 12.0 Å². The molecule has 0 radical (unpaired) electrons. The predicted molar refractivity (Wildman–Crippen MR) is 75.5 cm³/mol. The average molecular weight is 288 g/mol. The highest BCUT2D eigenvalue weighted by Gasteiger charge is 2.12. The molecule has 1 aromatic rings. The second-order valence-corrected chi connectivity index (χ2v) is 5.98. The summed E-state index contributed by atoms with van der Waals surface area (Å²) in [5, 5.41) is 0. The largest absolute Gasteiger partial charge is 0.240 e. The summed E-state index contributed by atoms with van der Waals surface area (Å²) >= 11 is 5.63. The van der Waals surface area contributed by atoms with Crippen molar-refractivity contribution in [3.8, 4) is 0 Å². The third-order valence-corrected chi connectivity index (χ3v) is 4.12. The van der Waals surface area contributed by atoms with Crippen LogP contribution in [0.3, 0.4) is 0 Å². The first-order chi connectivity index (χ1) is 8.60. The first kappa shape index (κ1) is 15.2. The lowest BCUT2D eigenvalue weighted by Gasteiger charge is -2.06. The van der Waals surface area contributed by atoms with Crippen molar-refractivity contribution in [3.63, 3.8) is 0 Å². The Bertz CT molecular complexity index is 480. The molecule has 1 N–H and O–H groups in total. The first-order valence-corrected chi connectivity index (χ1v) is 7.87. The lowest BCUT2D eigenvalue weighted by molar-refractivity contribution is 0.582. The van der Waals surface area contributed by atoms with Crippen LogP contribution in [0.15, 0.2) is 41.3 Å². The Balaban J connectivity index is 2.66. The monoisotopic (exact) mass is 287 g/mol. The SMILES string of the molecule is C/C=C/CCNS(=O)(=O)c1ccc(CCCl)cc1. The molecule has 0 atom stereocenters. The molecule has 0 aliphatic heterocycles. The quantitative estimate of drug-likeness (QED) is 0.476. The first-order valence-electron chi connectivity index (χ1n) is 5.86. The summed E-state index contributed by atoms with van der Waals surface area (Å²) in [6.45, 7) is 2.32. The third-order valence-electron chi connectivity index (χ3n) is 2.46. The zero-order valence-electron chi connectivity index (χ0n) is 10.4. The summed E-state index contributed by atoms with van der Waals surface area (Å²) in [5.74, 6) is 0.535. The minimum atomic E-state index is -3.39. The molecule has 100 valence electrons. The Morgan fingerprint density at radius 1 is 1.28 bits per heavy atom. The fourth-order valence-corrected chi connectivity index (χ4v) is 2.74. The fourth-order valence-electron chi connectivity index (χ4n) is 1.47. The molecule has 3 nitrogen and oxygen atoms in total. The molecule has 0 amide bonds. The maximum absolute atomic E-state index is 11.9. The number of hydrogen-bond donors (Lipinski definition) is 1. The van der Waals surface area contributed by atoms with E-state index in [1.165, 1.54) is 0 Å². The number of hydrogen-bond acceptors (Lipinski definition) is 2. The average Bonchev–Trinajstić information content (AvgIpc) is 2.36. The van der Waals surface area contributed by atoms with Gasteiger partial charge in [-0.25, -0.2) is 13.1 Å². The Labute approximate surface area is 114 Å². The van der Waals surface area contributed by atoms with Gasteiger partial charge in [-0.15, -0.1) is 11.6 Å². The molecule has 0 saturated carbocycles. The van der Waals surface area contributed by atoms with Crippen molar-refractivity contribution < 1.29 is 8.42 Å². The van der Waals surface area contributed by atoms with Crippen molar-refractivity contribution in [3.05, 3.63) is 42.0 Å². The van der Waals surface area contributed by atoms with Crippen molar-refractivity contribution in [2.24, 2.45) is 0 Å². The highest BCUT2D eigenvalue weighted by Crippen LogP contribution is 2.11. The van der Waals surface area contributed by atoms with Crippen LogP contribution >= 0.6 is 11.6 Å². The van der Waals surface area contributed by atoms with Gasteiger partial charge in [-0.3, -0.25) is 0 Å². The molecule has 0 unspecified atom stereocenters. The minimum Gasteiger partial charge on any atom is -0.211 e. The molecule has 18 heavy (non-hydrogen) atoms. The molecule has 0 bridgehead atoms. The van der Waals surface area contributed by atoms with Gasteiger partial charge in [0.25, 0.3) is 0 Å². The van der Waals surface area contributed by atoms with Gasteiger partial charge in [0.1, 0.15) is 0 Å². The molecule has 1 rings (SSSR count). The summed E-state index contributed by atoms with van der Waals surface area (Å²) < 4.78 is 26.4. The number of aryl methyl sites for hydroxylation is 1. The van der Waals surface area contributed by atoms with Crippen LogP contribution in [0.1, 0.15) is 18.9 Å². The second kappa shape index (κ2) is 7.56. The maximum atomic E-state index is 11.9. The highest BCUT2D eigenvalue weighted by molar-refractivity contribution is 7.89. The fraction of sp³-hybridized carbons (Fsp3) is 0.385. The van der Waals surface area contributed by atoms with Gasteiger partial charge in [0, 0.05) is 12.4 Å². The van der Waals surface area contributed by atoms with Gasteiger partial charge in [0.2, 0.25) is 10.0 Å². The lowest BCUT2D eigenvalue weighted by Crippen LogP contribution is -2.24. The number of halogens is 1. The van der Waals surface area contributed by atoms with E-state index >= 15 is 0 Å². The zero-order chi connectivity index (χ0) is 13.4. The minimum absolute atomic E-state index is 0.293. The summed E-state index contributed by atoms with van der Waals surface area (Å²) in [4.78, 5) is 0.293. The summed E-state index contributed by atoms with van der Waals surface area (Å²) in [7, 11) is -3.39. The van der Waals surface area contributed by atoms with Crippen LogP contribution in [-0.2, 0) is 16.4 Å². The molecule has 0 aromatic heterocycles. The highest BCUT2D eigenvalue weighted by atomic mass is 35.5. The second-order valence-electron chi connectivity index (χ2n) is 3.84. The van der Waals surface area contributed by atoms with Gasteiger partial charge < -0.3 is 0 Å². The molecule has 0 aliphatic rings. The summed E-state index contributed by atoms with van der Waals surface area (Å²) in [6.07, 6.45) is 5.26. The van der Waals surface area contributed by atoms with E-state index in [9.17, 15) is 8.42 Å². The molecule has 1 aromatic carbocycles. The molecule has 0 aliphatic carbocycles. The predicted octanol–water partition coefficient (Wildman–Crippen LogP) is 2.71. The van der Waals surface area contributed by atoms with Gasteiger partial charge in [0.15, 0.2) is 0 Å². The van der Waals surface area contributed by atoms with Crippen LogP contribution in [0.25, 0.3) is 0 Å². The Morgan fingerprint density at radius 2 is 1.94 bits per heavy atom. The van der Waals surface area contributed by atoms with E-state index in [0.29, 0.717) is 23.7 Å². The van der Waals surface area contributed by atoms with E-state index in [-0.39, 0.29) is 0 Å². The Kier molecular flexibility index (Phi) is 6.39. The van der Waals surface area contributed by atoms with Crippen LogP contribution in [0.5, 0.6) is 0 Å². The molecule has 0 fully saturated rings. The number of sulfonamides is 1. The van der Waals surface area contributed by atoms with Gasteiger partial charge in [-0.05, 0) is 37.5 Å².